The number of hydrogen-bond donors (Lipinski definition) is 4. The Balaban J connectivity index is 1.41. The Kier molecular flexibility index (Phi) is 7.26. The molecule has 0 bridgehead atoms. The van der Waals surface area contributed by atoms with Crippen LogP contribution in [0.2, 0.25) is 0 Å². The summed E-state index contributed by atoms with van der Waals surface area (Å²) in [6.45, 7) is 3.26. The van der Waals surface area contributed by atoms with Crippen molar-refractivity contribution in [3.8, 4) is 5.75 Å². The number of benzene rings is 2. The lowest BCUT2D eigenvalue weighted by atomic mass is 10.2. The Morgan fingerprint density at radius 2 is 1.43 bits per heavy atom. The first kappa shape index (κ1) is 21.2. The highest BCUT2D eigenvalue weighted by atomic mass is 16.5. The minimum atomic E-state index is -0.386. The summed E-state index contributed by atoms with van der Waals surface area (Å²) in [4.78, 5) is 35.8. The maximum atomic E-state index is 12.2. The molecule has 4 N–H and O–H groups in total. The molecule has 0 aromatic heterocycles. The van der Waals surface area contributed by atoms with E-state index in [4.69, 9.17) is 4.74 Å². The Bertz CT molecular complexity index is 877. The van der Waals surface area contributed by atoms with Gasteiger partial charge in [-0.1, -0.05) is 0 Å². The molecule has 4 amide bonds. The lowest BCUT2D eigenvalue weighted by Gasteiger charge is -2.10. The first-order valence-electron chi connectivity index (χ1n) is 10.0. The van der Waals surface area contributed by atoms with Crippen LogP contribution in [0.15, 0.2) is 48.5 Å². The molecule has 158 valence electrons. The lowest BCUT2D eigenvalue weighted by molar-refractivity contribution is -0.122. The number of hydrogen-bond acceptors (Lipinski definition) is 4. The van der Waals surface area contributed by atoms with E-state index in [0.717, 1.165) is 18.6 Å². The van der Waals surface area contributed by atoms with Crippen molar-refractivity contribution in [1.82, 2.24) is 10.6 Å². The van der Waals surface area contributed by atoms with Crippen LogP contribution in [0.4, 0.5) is 16.2 Å². The van der Waals surface area contributed by atoms with Crippen molar-refractivity contribution in [3.63, 3.8) is 0 Å². The van der Waals surface area contributed by atoms with Gasteiger partial charge in [0, 0.05) is 35.9 Å². The Labute approximate surface area is 175 Å². The largest absolute Gasteiger partial charge is 0.494 e. The number of ether oxygens (including phenoxy) is 1. The molecule has 1 saturated carbocycles. The molecule has 0 aliphatic heterocycles. The van der Waals surface area contributed by atoms with E-state index in [9.17, 15) is 14.4 Å². The van der Waals surface area contributed by atoms with Gasteiger partial charge in [0.1, 0.15) is 5.75 Å². The highest BCUT2D eigenvalue weighted by Gasteiger charge is 2.28. The van der Waals surface area contributed by atoms with Crippen LogP contribution >= 0.6 is 0 Å². The van der Waals surface area contributed by atoms with Gasteiger partial charge in [0.05, 0.1) is 6.61 Å². The van der Waals surface area contributed by atoms with Gasteiger partial charge in [-0.05, 0) is 68.3 Å². The second-order valence-corrected chi connectivity index (χ2v) is 6.94. The summed E-state index contributed by atoms with van der Waals surface area (Å²) in [6, 6.07) is 13.3. The average molecular weight is 410 g/mol. The van der Waals surface area contributed by atoms with E-state index in [1.807, 2.05) is 6.92 Å². The van der Waals surface area contributed by atoms with Crippen molar-refractivity contribution in [3.05, 3.63) is 54.1 Å². The molecular formula is C22H26N4O4. The fourth-order valence-electron chi connectivity index (χ4n) is 2.75. The number of amides is 4. The van der Waals surface area contributed by atoms with Crippen molar-refractivity contribution in [1.29, 1.82) is 0 Å². The number of rotatable bonds is 9. The van der Waals surface area contributed by atoms with Crippen molar-refractivity contribution in [2.75, 3.05) is 30.3 Å². The van der Waals surface area contributed by atoms with Gasteiger partial charge in [-0.15, -0.1) is 0 Å². The number of urea groups is 1. The smallest absolute Gasteiger partial charge is 0.323 e. The molecular weight excluding hydrogens is 384 g/mol. The molecule has 0 heterocycles. The summed E-state index contributed by atoms with van der Waals surface area (Å²) in [5.41, 5.74) is 1.67. The van der Waals surface area contributed by atoms with Crippen molar-refractivity contribution < 1.29 is 19.1 Å². The molecule has 0 unspecified atom stereocenters. The Morgan fingerprint density at radius 1 is 0.867 bits per heavy atom. The van der Waals surface area contributed by atoms with Crippen LogP contribution in [-0.4, -0.2) is 37.5 Å². The minimum Gasteiger partial charge on any atom is -0.494 e. The monoisotopic (exact) mass is 410 g/mol. The number of carbonyl (C=O) groups excluding carboxylic acids is 3. The minimum absolute atomic E-state index is 0.0585. The molecule has 1 fully saturated rings. The maximum absolute atomic E-state index is 12.2. The third kappa shape index (κ3) is 6.51. The summed E-state index contributed by atoms with van der Waals surface area (Å²) in [5.74, 6) is 0.722. The Hall–Kier alpha value is -3.55. The maximum Gasteiger partial charge on any atom is 0.323 e. The number of nitrogens with one attached hydrogen (secondary N) is 4. The fraction of sp³-hybridized carbons (Fsp3) is 0.318. The van der Waals surface area contributed by atoms with E-state index >= 15 is 0 Å². The predicted octanol–water partition coefficient (Wildman–Crippen LogP) is 2.99. The van der Waals surface area contributed by atoms with E-state index in [1.54, 1.807) is 48.5 Å². The SMILES string of the molecule is CCOc1ccc(NC(=O)Nc2ccc(C(=O)NCCNC(=O)C3CC3)cc2)cc1. The molecule has 2 aromatic carbocycles. The molecule has 2 aromatic rings. The highest BCUT2D eigenvalue weighted by Crippen LogP contribution is 2.28. The summed E-state index contributed by atoms with van der Waals surface area (Å²) < 4.78 is 5.37. The van der Waals surface area contributed by atoms with Gasteiger partial charge >= 0.3 is 6.03 Å². The zero-order chi connectivity index (χ0) is 21.3. The molecule has 1 aliphatic rings. The van der Waals surface area contributed by atoms with E-state index in [1.165, 1.54) is 0 Å². The van der Waals surface area contributed by atoms with Gasteiger partial charge in [0.25, 0.3) is 5.91 Å². The Morgan fingerprint density at radius 3 is 2.00 bits per heavy atom. The molecule has 8 heteroatoms. The molecule has 0 saturated heterocycles. The lowest BCUT2D eigenvalue weighted by Crippen LogP contribution is -2.35. The first-order chi connectivity index (χ1) is 14.5. The standard InChI is InChI=1S/C22H26N4O4/c1-2-30-19-11-9-18(10-12-19)26-22(29)25-17-7-5-16(6-8-17)21(28)24-14-13-23-20(27)15-3-4-15/h5-12,15H,2-4,13-14H2,1H3,(H,23,27)(H,24,28)(H2,25,26,29). The molecule has 0 atom stereocenters. The van der Waals surface area contributed by atoms with Crippen LogP contribution in [-0.2, 0) is 4.79 Å². The van der Waals surface area contributed by atoms with Gasteiger partial charge < -0.3 is 26.0 Å². The summed E-state index contributed by atoms with van der Waals surface area (Å²) in [5, 5.41) is 11.0. The third-order valence-corrected chi connectivity index (χ3v) is 4.49. The highest BCUT2D eigenvalue weighted by molar-refractivity contribution is 6.00. The molecule has 1 aliphatic carbocycles. The van der Waals surface area contributed by atoms with Crippen molar-refractivity contribution >= 4 is 29.2 Å². The van der Waals surface area contributed by atoms with Crippen molar-refractivity contribution in [2.24, 2.45) is 5.92 Å². The summed E-state index contributed by atoms with van der Waals surface area (Å²) in [7, 11) is 0. The molecule has 0 spiro atoms. The van der Waals surface area contributed by atoms with Gasteiger partial charge in [-0.3, -0.25) is 9.59 Å². The van der Waals surface area contributed by atoms with Crippen LogP contribution in [0.1, 0.15) is 30.1 Å². The second kappa shape index (κ2) is 10.3. The van der Waals surface area contributed by atoms with Gasteiger partial charge in [0.15, 0.2) is 0 Å². The normalized spacial score (nSPS) is 12.6. The predicted molar refractivity (Wildman–Crippen MR) is 115 cm³/mol. The quantitative estimate of drug-likeness (QED) is 0.477. The van der Waals surface area contributed by atoms with E-state index in [-0.39, 0.29) is 23.8 Å². The van der Waals surface area contributed by atoms with Crippen molar-refractivity contribution in [2.45, 2.75) is 19.8 Å². The van der Waals surface area contributed by atoms with Crippen LogP contribution < -0.4 is 26.0 Å². The number of carbonyl (C=O) groups is 3. The van der Waals surface area contributed by atoms with Crippen LogP contribution in [0.25, 0.3) is 0 Å². The van der Waals surface area contributed by atoms with Gasteiger partial charge in [0.2, 0.25) is 5.91 Å². The molecule has 30 heavy (non-hydrogen) atoms. The van der Waals surface area contributed by atoms with Gasteiger partial charge in [-0.2, -0.15) is 0 Å². The van der Waals surface area contributed by atoms with Gasteiger partial charge in [-0.25, -0.2) is 4.79 Å². The average Bonchev–Trinajstić information content (AvgIpc) is 3.58. The fourth-order valence-corrected chi connectivity index (χ4v) is 2.75. The zero-order valence-corrected chi connectivity index (χ0v) is 16.9. The summed E-state index contributed by atoms with van der Waals surface area (Å²) in [6.07, 6.45) is 1.91. The van der Waals surface area contributed by atoms with Crippen LogP contribution in [0.5, 0.6) is 5.75 Å². The van der Waals surface area contributed by atoms with E-state index in [0.29, 0.717) is 36.6 Å². The molecule has 0 radical (unpaired) electrons. The van der Waals surface area contributed by atoms with Crippen LogP contribution in [0.3, 0.4) is 0 Å². The number of anilines is 2. The first-order valence-corrected chi connectivity index (χ1v) is 10.0. The zero-order valence-electron chi connectivity index (χ0n) is 16.9. The third-order valence-electron chi connectivity index (χ3n) is 4.49. The van der Waals surface area contributed by atoms with E-state index < -0.39 is 0 Å². The van der Waals surface area contributed by atoms with Crippen LogP contribution in [0, 0.1) is 5.92 Å². The second-order valence-electron chi connectivity index (χ2n) is 6.94. The topological polar surface area (TPSA) is 109 Å². The van der Waals surface area contributed by atoms with E-state index in [2.05, 4.69) is 21.3 Å². The summed E-state index contributed by atoms with van der Waals surface area (Å²) >= 11 is 0. The molecule has 3 rings (SSSR count). The molecule has 8 nitrogen and oxygen atoms in total.